The molecule has 0 saturated heterocycles. The highest BCUT2D eigenvalue weighted by molar-refractivity contribution is 6.33. The molecule has 4 nitrogen and oxygen atoms in total. The average Bonchev–Trinajstić information content (AvgIpc) is 0.693. The molecule has 0 aromatic heterocycles. The van der Waals surface area contributed by atoms with E-state index in [2.05, 4.69) is 278 Å². The van der Waals surface area contributed by atoms with Crippen LogP contribution in [0, 0.1) is 71.0 Å². The van der Waals surface area contributed by atoms with Crippen molar-refractivity contribution in [3.05, 3.63) is 275 Å². The summed E-state index contributed by atoms with van der Waals surface area (Å²) in [4.78, 5) is 11.0. The standard InChI is InChI=1S/C112H118N4/c1-5-83-17-9-13-21-99(83)113(91-33-25-87(26-34-91)109-59-71-45-72(60-109)47-73(46-71)61-109)103-57-104(114(100-22-14-10-18-84(100)6-2)92-35-27-88(28-36-92)110-62-74-48-75(63-110)50-76(49-74)64-110)96-43-44-98-106(116(102-24-16-12-20-86(102)8-4)94-39-31-90(32-40-94)112-68-80-54-81(69-112)56-82(55-80)70-112)58-105(97-42-41-95(103)107(96)108(97)98)115(101-23-15-11-19-85(101)7-3)93-37-29-89(30-38-93)111-65-77-51-78(66-111)53-79(52-77)67-111/h9-44,57-58,71-82H,5-8,45-56,59-70H2,1-4H3. The van der Waals surface area contributed by atoms with Gasteiger partial charge in [0.15, 0.2) is 0 Å². The average molecular weight is 1520 g/mol. The molecule has 0 N–H and O–H groups in total. The molecule has 116 heavy (non-hydrogen) atoms. The molecule has 28 rings (SSSR count). The summed E-state index contributed by atoms with van der Waals surface area (Å²) in [7, 11) is 0. The molecule has 12 aromatic carbocycles. The number of hydrogen-bond donors (Lipinski definition) is 0. The van der Waals surface area contributed by atoms with Gasteiger partial charge in [0.1, 0.15) is 0 Å². The first-order valence-electron chi connectivity index (χ1n) is 46.7. The normalized spacial score (nSPS) is 30.6. The monoisotopic (exact) mass is 1520 g/mol. The maximum Gasteiger partial charge on any atom is 0.0561 e. The van der Waals surface area contributed by atoms with Gasteiger partial charge in [0.2, 0.25) is 0 Å². The smallest absolute Gasteiger partial charge is 0.0561 e. The van der Waals surface area contributed by atoms with E-state index in [4.69, 9.17) is 0 Å². The fourth-order valence-corrected chi connectivity index (χ4v) is 31.1. The first kappa shape index (κ1) is 71.0. The van der Waals surface area contributed by atoms with Crippen LogP contribution in [0.15, 0.2) is 231 Å². The van der Waals surface area contributed by atoms with Crippen LogP contribution in [-0.4, -0.2) is 0 Å². The molecule has 16 aliphatic rings. The summed E-state index contributed by atoms with van der Waals surface area (Å²) >= 11 is 0. The van der Waals surface area contributed by atoms with Gasteiger partial charge < -0.3 is 19.6 Å². The fourth-order valence-electron chi connectivity index (χ4n) is 31.1. The summed E-state index contributed by atoms with van der Waals surface area (Å²) in [6.45, 7) is 9.50. The van der Waals surface area contributed by atoms with Crippen LogP contribution in [0.3, 0.4) is 0 Å². The molecule has 16 fully saturated rings. The van der Waals surface area contributed by atoms with E-state index >= 15 is 0 Å². The summed E-state index contributed by atoms with van der Waals surface area (Å²) in [5.74, 6) is 10.4. The van der Waals surface area contributed by atoms with E-state index in [9.17, 15) is 0 Å². The van der Waals surface area contributed by atoms with Crippen LogP contribution in [-0.2, 0) is 47.3 Å². The number of rotatable bonds is 20. The van der Waals surface area contributed by atoms with E-state index in [1.165, 1.54) is 277 Å². The van der Waals surface area contributed by atoms with Gasteiger partial charge >= 0.3 is 0 Å². The Labute approximate surface area is 690 Å². The van der Waals surface area contributed by atoms with Gasteiger partial charge in [0.05, 0.1) is 22.7 Å². The van der Waals surface area contributed by atoms with Crippen molar-refractivity contribution in [2.75, 3.05) is 19.6 Å². The van der Waals surface area contributed by atoms with Gasteiger partial charge in [-0.25, -0.2) is 0 Å². The molecule has 0 spiro atoms. The molecule has 0 radical (unpaired) electrons. The van der Waals surface area contributed by atoms with Crippen LogP contribution >= 0.6 is 0 Å². The molecular formula is C112H118N4. The predicted octanol–water partition coefficient (Wildman–Crippen LogP) is 30.6. The Morgan fingerprint density at radius 2 is 0.379 bits per heavy atom. The largest absolute Gasteiger partial charge is 0.310 e. The molecule has 0 heterocycles. The van der Waals surface area contributed by atoms with Gasteiger partial charge in [-0.1, -0.05) is 173 Å². The molecule has 0 atom stereocenters. The molecule has 16 saturated carbocycles. The number of para-hydroxylation sites is 4. The van der Waals surface area contributed by atoms with Crippen molar-refractivity contribution in [1.82, 2.24) is 0 Å². The minimum Gasteiger partial charge on any atom is -0.310 e. The molecule has 586 valence electrons. The van der Waals surface area contributed by atoms with E-state index < -0.39 is 0 Å². The van der Waals surface area contributed by atoms with Gasteiger partial charge in [-0.15, -0.1) is 0 Å². The van der Waals surface area contributed by atoms with E-state index in [-0.39, 0.29) is 21.7 Å². The maximum atomic E-state index is 2.74. The first-order valence-corrected chi connectivity index (χ1v) is 46.7. The van der Waals surface area contributed by atoms with E-state index in [1.807, 2.05) is 0 Å². The third-order valence-corrected chi connectivity index (χ3v) is 34.3. The van der Waals surface area contributed by atoms with Gasteiger partial charge in [-0.2, -0.15) is 0 Å². The summed E-state index contributed by atoms with van der Waals surface area (Å²) in [5.41, 5.74) is 27.5. The Bertz CT molecular complexity index is 4930. The van der Waals surface area contributed by atoms with Crippen LogP contribution in [0.1, 0.15) is 226 Å². The summed E-state index contributed by atoms with van der Waals surface area (Å²) < 4.78 is 0. The van der Waals surface area contributed by atoms with Crippen LogP contribution in [0.4, 0.5) is 68.2 Å². The molecule has 16 bridgehead atoms. The van der Waals surface area contributed by atoms with Crippen molar-refractivity contribution in [2.24, 2.45) is 71.0 Å². The number of hydrogen-bond acceptors (Lipinski definition) is 4. The van der Waals surface area contributed by atoms with Crippen LogP contribution in [0.2, 0.25) is 0 Å². The minimum atomic E-state index is 0.275. The summed E-state index contributed by atoms with van der Waals surface area (Å²) in [6, 6.07) is 95.0. The van der Waals surface area contributed by atoms with Crippen LogP contribution in [0.25, 0.3) is 32.3 Å². The highest BCUT2D eigenvalue weighted by atomic mass is 15.2. The van der Waals surface area contributed by atoms with Crippen molar-refractivity contribution >= 4 is 101 Å². The van der Waals surface area contributed by atoms with Crippen molar-refractivity contribution in [3.63, 3.8) is 0 Å². The van der Waals surface area contributed by atoms with Crippen LogP contribution < -0.4 is 19.6 Å². The Balaban J connectivity index is 0.795. The lowest BCUT2D eigenvalue weighted by Crippen LogP contribution is -2.48. The molecule has 0 aliphatic heterocycles. The first-order chi connectivity index (χ1) is 57.0. The highest BCUT2D eigenvalue weighted by Crippen LogP contribution is 2.67. The Hall–Kier alpha value is -9.12. The fraction of sp³-hybridized carbons (Fsp3) is 0.429. The molecule has 12 aromatic rings. The molecular weight excluding hydrogens is 1400 g/mol. The minimum absolute atomic E-state index is 0.275. The Kier molecular flexibility index (Phi) is 16.7. The second-order valence-electron chi connectivity index (χ2n) is 41.2. The molecule has 16 aliphatic carbocycles. The number of aryl methyl sites for hydroxylation is 4. The zero-order valence-corrected chi connectivity index (χ0v) is 69.5. The van der Waals surface area contributed by atoms with Gasteiger partial charge in [0.25, 0.3) is 0 Å². The number of anilines is 12. The molecule has 0 amide bonds. The third kappa shape index (κ3) is 11.3. The highest BCUT2D eigenvalue weighted by Gasteiger charge is 2.56. The zero-order valence-electron chi connectivity index (χ0n) is 69.5. The quantitative estimate of drug-likeness (QED) is 0.0705. The van der Waals surface area contributed by atoms with Gasteiger partial charge in [-0.3, -0.25) is 0 Å². The zero-order chi connectivity index (χ0) is 76.9. The maximum absolute atomic E-state index is 2.74. The topological polar surface area (TPSA) is 13.0 Å². The third-order valence-electron chi connectivity index (χ3n) is 34.3. The number of nitrogens with zero attached hydrogens (tertiary/aromatic N) is 4. The second kappa shape index (κ2) is 27.2. The Morgan fingerprint density at radius 3 is 0.552 bits per heavy atom. The number of benzene rings is 12. The SMILES string of the molecule is CCc1ccccc1N(c1ccc(C23CC4CC(CC(C4)C2)C3)cc1)c1cc(N(c2ccc(C34CC5CC(CC(C5)C3)C4)cc2)c2ccccc2CC)c2ccc3c(N(c4ccc(C56CC7CC(CC(C7)C5)C6)cc4)c4ccccc4CC)cc(N(c4ccc(C56CC7CC(CC(C7)C5)C6)cc4)c4ccccc4CC)c4ccc1c2c43. The van der Waals surface area contributed by atoms with Crippen molar-refractivity contribution in [1.29, 1.82) is 0 Å². The lowest BCUT2D eigenvalue weighted by Gasteiger charge is -2.57. The van der Waals surface area contributed by atoms with Crippen molar-refractivity contribution in [3.8, 4) is 0 Å². The predicted molar refractivity (Wildman–Crippen MR) is 486 cm³/mol. The van der Waals surface area contributed by atoms with Gasteiger partial charge in [-0.05, 0) is 402 Å². The summed E-state index contributed by atoms with van der Waals surface area (Å²) in [6.07, 6.45) is 37.2. The van der Waals surface area contributed by atoms with E-state index in [0.717, 1.165) is 96.7 Å². The van der Waals surface area contributed by atoms with Crippen molar-refractivity contribution in [2.45, 2.75) is 229 Å². The van der Waals surface area contributed by atoms with Crippen molar-refractivity contribution < 1.29 is 0 Å². The van der Waals surface area contributed by atoms with Gasteiger partial charge in [0, 0.05) is 77.8 Å². The van der Waals surface area contributed by atoms with Crippen LogP contribution in [0.5, 0.6) is 0 Å². The lowest BCUT2D eigenvalue weighted by molar-refractivity contribution is -0.00530. The van der Waals surface area contributed by atoms with E-state index in [1.54, 1.807) is 22.3 Å². The summed E-state index contributed by atoms with van der Waals surface area (Å²) in [5, 5.41) is 7.69. The second-order valence-corrected chi connectivity index (χ2v) is 41.2. The molecule has 0 unspecified atom stereocenters. The lowest BCUT2D eigenvalue weighted by atomic mass is 9.48. The van der Waals surface area contributed by atoms with E-state index in [0.29, 0.717) is 0 Å². The Morgan fingerprint density at radius 1 is 0.207 bits per heavy atom. The molecule has 4 heteroatoms.